The summed E-state index contributed by atoms with van der Waals surface area (Å²) in [6.07, 6.45) is 16.3. The molecule has 4 rings (SSSR count). The molecule has 0 aromatic heterocycles. The van der Waals surface area contributed by atoms with Gasteiger partial charge in [0.2, 0.25) is 0 Å². The summed E-state index contributed by atoms with van der Waals surface area (Å²) < 4.78 is 0. The number of Topliss-reactive ketones (excluding diaryl/α,β-unsaturated/α-hetero) is 1. The molecule has 214 valence electrons. The van der Waals surface area contributed by atoms with Gasteiger partial charge in [0.25, 0.3) is 0 Å². The number of rotatable bonds is 11. The Hall–Kier alpha value is -3.15. The Kier molecular flexibility index (Phi) is 11.2. The molecule has 0 aliphatic heterocycles. The number of allylic oxidation sites excluding steroid dienone is 6. The fourth-order valence-electron chi connectivity index (χ4n) is 6.32. The molecule has 5 heteroatoms. The molecule has 2 aliphatic rings. The molecule has 2 aliphatic carbocycles. The lowest BCUT2D eigenvalue weighted by molar-refractivity contribution is -0.123. The van der Waals surface area contributed by atoms with E-state index in [2.05, 4.69) is 36.4 Å². The second-order valence-corrected chi connectivity index (χ2v) is 11.6. The van der Waals surface area contributed by atoms with Crippen LogP contribution >= 0.6 is 0 Å². The third kappa shape index (κ3) is 8.94. The molecule has 0 saturated heterocycles. The van der Waals surface area contributed by atoms with Crippen LogP contribution < -0.4 is 0 Å². The summed E-state index contributed by atoms with van der Waals surface area (Å²) in [5.74, 6) is -0.0994. The van der Waals surface area contributed by atoms with Crippen LogP contribution in [0.4, 0.5) is 0 Å². The molecule has 5 atom stereocenters. The minimum absolute atomic E-state index is 0.0298. The number of aliphatic hydroxyl groups is 2. The third-order valence-electron chi connectivity index (χ3n) is 8.62. The molecule has 0 spiro atoms. The molecular weight excluding hydrogens is 500 g/mol. The third-order valence-corrected chi connectivity index (χ3v) is 8.62. The maximum atomic E-state index is 13.2. The first kappa shape index (κ1) is 29.8. The fourth-order valence-corrected chi connectivity index (χ4v) is 6.32. The van der Waals surface area contributed by atoms with Crippen LogP contribution in [-0.2, 0) is 17.6 Å². The number of hydrogen-bond acceptors (Lipinski definition) is 5. The van der Waals surface area contributed by atoms with Crippen molar-refractivity contribution in [2.75, 3.05) is 0 Å². The zero-order valence-corrected chi connectivity index (χ0v) is 23.4. The number of aromatic hydroxyl groups is 2. The van der Waals surface area contributed by atoms with Crippen LogP contribution in [0.25, 0.3) is 0 Å². The predicted molar refractivity (Wildman–Crippen MR) is 159 cm³/mol. The highest BCUT2D eigenvalue weighted by molar-refractivity contribution is 5.78. The van der Waals surface area contributed by atoms with Crippen molar-refractivity contribution < 1.29 is 25.2 Å². The van der Waals surface area contributed by atoms with Gasteiger partial charge in [-0.2, -0.15) is 0 Å². The first-order valence-corrected chi connectivity index (χ1v) is 14.8. The molecule has 2 aromatic carbocycles. The van der Waals surface area contributed by atoms with Gasteiger partial charge in [0.15, 0.2) is 0 Å². The standard InChI is InChI=1S/C35H44O5/c36-29(14-8-13-25-9-6-3-7-10-25)23-32-31(21-26-11-4-1-2-5-12-26)33(38)20-16-27(22-35(32)40)15-17-28-18-19-30(37)24-34(28)39/h1,3-7,9-12,18-19,24,27,31-33,35,37-40H,2,8,13-17,20-23H2. The summed E-state index contributed by atoms with van der Waals surface area (Å²) in [6, 6.07) is 14.8. The Morgan fingerprint density at radius 2 is 1.73 bits per heavy atom. The Bertz CT molecular complexity index is 1180. The van der Waals surface area contributed by atoms with E-state index < -0.39 is 12.2 Å². The lowest BCUT2D eigenvalue weighted by Gasteiger charge is -2.38. The number of carbonyl (C=O) groups is 1. The Balaban J connectivity index is 1.44. The predicted octanol–water partition coefficient (Wildman–Crippen LogP) is 6.60. The van der Waals surface area contributed by atoms with Crippen molar-refractivity contribution in [3.05, 3.63) is 95.6 Å². The zero-order valence-electron chi connectivity index (χ0n) is 23.4. The molecule has 5 nitrogen and oxygen atoms in total. The van der Waals surface area contributed by atoms with Crippen molar-refractivity contribution in [1.82, 2.24) is 0 Å². The molecule has 0 radical (unpaired) electrons. The highest BCUT2D eigenvalue weighted by atomic mass is 16.3. The number of phenolic OH excluding ortho intramolecular Hbond substituents is 2. The van der Waals surface area contributed by atoms with E-state index in [4.69, 9.17) is 0 Å². The largest absolute Gasteiger partial charge is 0.508 e. The first-order chi connectivity index (χ1) is 19.4. The van der Waals surface area contributed by atoms with Gasteiger partial charge >= 0.3 is 0 Å². The number of aryl methyl sites for hydroxylation is 2. The van der Waals surface area contributed by atoms with Gasteiger partial charge in [-0.25, -0.2) is 0 Å². The smallest absolute Gasteiger partial charge is 0.133 e. The number of phenols is 2. The molecule has 5 unspecified atom stereocenters. The molecule has 1 saturated carbocycles. The van der Waals surface area contributed by atoms with Crippen molar-refractivity contribution in [3.8, 4) is 11.5 Å². The lowest BCUT2D eigenvalue weighted by Crippen LogP contribution is -2.40. The average molecular weight is 545 g/mol. The van der Waals surface area contributed by atoms with Gasteiger partial charge in [0.05, 0.1) is 12.2 Å². The Morgan fingerprint density at radius 1 is 0.900 bits per heavy atom. The molecule has 40 heavy (non-hydrogen) atoms. The second kappa shape index (κ2) is 15.0. The van der Waals surface area contributed by atoms with Gasteiger partial charge in [0.1, 0.15) is 17.3 Å². The van der Waals surface area contributed by atoms with Crippen molar-refractivity contribution in [2.24, 2.45) is 17.8 Å². The molecular formula is C35H44O5. The minimum Gasteiger partial charge on any atom is -0.508 e. The minimum atomic E-state index is -0.692. The van der Waals surface area contributed by atoms with E-state index >= 15 is 0 Å². The number of carbonyl (C=O) groups excluding carboxylic acids is 1. The second-order valence-electron chi connectivity index (χ2n) is 11.6. The lowest BCUT2D eigenvalue weighted by atomic mass is 9.70. The van der Waals surface area contributed by atoms with Gasteiger partial charge in [-0.05, 0) is 98.3 Å². The summed E-state index contributed by atoms with van der Waals surface area (Å²) in [4.78, 5) is 13.2. The van der Waals surface area contributed by atoms with E-state index in [0.29, 0.717) is 32.1 Å². The van der Waals surface area contributed by atoms with Crippen molar-refractivity contribution in [3.63, 3.8) is 0 Å². The highest BCUT2D eigenvalue weighted by Crippen LogP contribution is 2.39. The van der Waals surface area contributed by atoms with Crippen molar-refractivity contribution >= 4 is 5.78 Å². The molecule has 0 heterocycles. The van der Waals surface area contributed by atoms with Crippen molar-refractivity contribution in [1.29, 1.82) is 0 Å². The number of hydrogen-bond donors (Lipinski definition) is 4. The first-order valence-electron chi connectivity index (χ1n) is 14.8. The Morgan fingerprint density at radius 3 is 2.52 bits per heavy atom. The SMILES string of the molecule is O=C(CCCc1ccccc1)CC1C(O)CC(CCc2ccc(O)cc2O)CCC(O)C1CC1=CC=CCC=C1. The fraction of sp³-hybridized carbons (Fsp3) is 0.457. The quantitative estimate of drug-likeness (QED) is 0.256. The van der Waals surface area contributed by atoms with E-state index in [1.807, 2.05) is 24.3 Å². The van der Waals surface area contributed by atoms with Crippen LogP contribution in [0.2, 0.25) is 0 Å². The normalized spacial score (nSPS) is 25.1. The molecule has 0 bridgehead atoms. The molecule has 2 aromatic rings. The maximum absolute atomic E-state index is 13.2. The monoisotopic (exact) mass is 544 g/mol. The number of ketones is 1. The summed E-state index contributed by atoms with van der Waals surface area (Å²) in [5.41, 5.74) is 3.10. The van der Waals surface area contributed by atoms with Crippen LogP contribution in [-0.4, -0.2) is 38.4 Å². The number of aliphatic hydroxyl groups excluding tert-OH is 2. The number of benzene rings is 2. The van der Waals surface area contributed by atoms with Gasteiger partial charge in [-0.15, -0.1) is 0 Å². The van der Waals surface area contributed by atoms with Gasteiger partial charge < -0.3 is 20.4 Å². The van der Waals surface area contributed by atoms with Gasteiger partial charge in [-0.1, -0.05) is 66.8 Å². The van der Waals surface area contributed by atoms with E-state index in [0.717, 1.165) is 43.2 Å². The topological polar surface area (TPSA) is 98.0 Å². The summed E-state index contributed by atoms with van der Waals surface area (Å²) in [6.45, 7) is 0. The molecule has 1 fully saturated rings. The van der Waals surface area contributed by atoms with Crippen LogP contribution in [0.1, 0.15) is 68.9 Å². The summed E-state index contributed by atoms with van der Waals surface area (Å²) >= 11 is 0. The van der Waals surface area contributed by atoms with Crippen LogP contribution in [0, 0.1) is 17.8 Å². The van der Waals surface area contributed by atoms with E-state index in [1.165, 1.54) is 11.6 Å². The van der Waals surface area contributed by atoms with E-state index in [1.54, 1.807) is 12.1 Å². The van der Waals surface area contributed by atoms with Crippen LogP contribution in [0.15, 0.2) is 84.5 Å². The Labute approximate surface area is 238 Å². The average Bonchev–Trinajstić information content (AvgIpc) is 3.21. The molecule has 4 N–H and O–H groups in total. The van der Waals surface area contributed by atoms with Gasteiger partial charge in [-0.3, -0.25) is 4.79 Å². The van der Waals surface area contributed by atoms with Crippen LogP contribution in [0.3, 0.4) is 0 Å². The molecule has 0 amide bonds. The zero-order chi connectivity index (χ0) is 28.3. The van der Waals surface area contributed by atoms with Crippen molar-refractivity contribution in [2.45, 2.75) is 82.8 Å². The summed E-state index contributed by atoms with van der Waals surface area (Å²) in [7, 11) is 0. The van der Waals surface area contributed by atoms with Gasteiger partial charge in [0, 0.05) is 18.9 Å². The highest BCUT2D eigenvalue weighted by Gasteiger charge is 2.38. The summed E-state index contributed by atoms with van der Waals surface area (Å²) in [5, 5.41) is 42.8. The van der Waals surface area contributed by atoms with E-state index in [9.17, 15) is 25.2 Å². The van der Waals surface area contributed by atoms with E-state index in [-0.39, 0.29) is 41.5 Å². The van der Waals surface area contributed by atoms with Crippen LogP contribution in [0.5, 0.6) is 11.5 Å². The maximum Gasteiger partial charge on any atom is 0.133 e.